The van der Waals surface area contributed by atoms with Crippen LogP contribution in [0.3, 0.4) is 0 Å². The Hall–Kier alpha value is -1.54. The van der Waals surface area contributed by atoms with Gasteiger partial charge in [-0.2, -0.15) is 0 Å². The highest BCUT2D eigenvalue weighted by Gasteiger charge is 2.23. The number of rotatable bonds is 5. The van der Waals surface area contributed by atoms with Crippen LogP contribution in [-0.4, -0.2) is 11.0 Å². The molecule has 1 aromatic heterocycles. The van der Waals surface area contributed by atoms with Crippen molar-refractivity contribution >= 4 is 17.4 Å². The van der Waals surface area contributed by atoms with Crippen molar-refractivity contribution in [3.05, 3.63) is 59.2 Å². The van der Waals surface area contributed by atoms with Crippen LogP contribution in [0.25, 0.3) is 0 Å². The fourth-order valence-corrected chi connectivity index (χ4v) is 2.73. The standard InChI is InChI=1S/C17H21ClN2/c1-13(19-16-11-7-10-15(18)20-16)12-17(2,3)14-8-5-4-6-9-14/h4-11,13H,12H2,1-3H3,(H,19,20). The molecular formula is C17H21ClN2. The molecule has 2 rings (SSSR count). The predicted molar refractivity (Wildman–Crippen MR) is 86.4 cm³/mol. The molecule has 0 bridgehead atoms. The highest BCUT2D eigenvalue weighted by Crippen LogP contribution is 2.29. The van der Waals surface area contributed by atoms with Crippen molar-refractivity contribution in [1.29, 1.82) is 0 Å². The first-order valence-electron chi connectivity index (χ1n) is 6.92. The van der Waals surface area contributed by atoms with E-state index in [2.05, 4.69) is 61.4 Å². The van der Waals surface area contributed by atoms with E-state index < -0.39 is 0 Å². The number of nitrogens with zero attached hydrogens (tertiary/aromatic N) is 1. The second kappa shape index (κ2) is 6.27. The summed E-state index contributed by atoms with van der Waals surface area (Å²) in [5.41, 5.74) is 1.47. The molecule has 20 heavy (non-hydrogen) atoms. The summed E-state index contributed by atoms with van der Waals surface area (Å²) in [5.74, 6) is 0.828. The Balaban J connectivity index is 2.02. The van der Waals surface area contributed by atoms with Crippen LogP contribution in [0, 0.1) is 0 Å². The lowest BCUT2D eigenvalue weighted by Gasteiger charge is -2.29. The van der Waals surface area contributed by atoms with Crippen LogP contribution in [-0.2, 0) is 5.41 Å². The summed E-state index contributed by atoms with van der Waals surface area (Å²) >= 11 is 5.91. The van der Waals surface area contributed by atoms with Crippen molar-refractivity contribution in [2.45, 2.75) is 38.6 Å². The second-order valence-electron chi connectivity index (χ2n) is 5.84. The van der Waals surface area contributed by atoms with Gasteiger partial charge in [-0.25, -0.2) is 4.98 Å². The average molecular weight is 289 g/mol. The van der Waals surface area contributed by atoms with Crippen LogP contribution in [0.4, 0.5) is 5.82 Å². The van der Waals surface area contributed by atoms with Gasteiger partial charge in [0.15, 0.2) is 0 Å². The second-order valence-corrected chi connectivity index (χ2v) is 6.23. The van der Waals surface area contributed by atoms with Crippen LogP contribution in [0.1, 0.15) is 32.8 Å². The third kappa shape index (κ3) is 3.97. The van der Waals surface area contributed by atoms with E-state index in [4.69, 9.17) is 11.6 Å². The van der Waals surface area contributed by atoms with E-state index in [1.165, 1.54) is 5.56 Å². The molecule has 2 nitrogen and oxygen atoms in total. The average Bonchev–Trinajstić information content (AvgIpc) is 2.39. The van der Waals surface area contributed by atoms with Crippen LogP contribution in [0.15, 0.2) is 48.5 Å². The van der Waals surface area contributed by atoms with E-state index in [0.29, 0.717) is 11.2 Å². The van der Waals surface area contributed by atoms with Gasteiger partial charge in [-0.15, -0.1) is 0 Å². The molecule has 1 heterocycles. The van der Waals surface area contributed by atoms with Crippen molar-refractivity contribution in [3.63, 3.8) is 0 Å². The topological polar surface area (TPSA) is 24.9 Å². The van der Waals surface area contributed by atoms with Gasteiger partial charge in [-0.05, 0) is 36.5 Å². The molecule has 1 N–H and O–H groups in total. The third-order valence-corrected chi connectivity index (χ3v) is 3.69. The molecule has 0 saturated carbocycles. The van der Waals surface area contributed by atoms with E-state index in [1.807, 2.05) is 12.1 Å². The Kier molecular flexibility index (Phi) is 4.66. The summed E-state index contributed by atoms with van der Waals surface area (Å²) in [4.78, 5) is 4.27. The predicted octanol–water partition coefficient (Wildman–Crippen LogP) is 4.90. The van der Waals surface area contributed by atoms with E-state index in [-0.39, 0.29) is 5.41 Å². The van der Waals surface area contributed by atoms with Gasteiger partial charge in [0.2, 0.25) is 0 Å². The molecule has 0 aliphatic carbocycles. The smallest absolute Gasteiger partial charge is 0.131 e. The molecule has 3 heteroatoms. The number of pyridine rings is 1. The van der Waals surface area contributed by atoms with Gasteiger partial charge in [0, 0.05) is 6.04 Å². The molecule has 2 aromatic rings. The number of nitrogens with one attached hydrogen (secondary N) is 1. The zero-order valence-corrected chi connectivity index (χ0v) is 13.0. The van der Waals surface area contributed by atoms with Crippen molar-refractivity contribution in [3.8, 4) is 0 Å². The highest BCUT2D eigenvalue weighted by atomic mass is 35.5. The molecule has 0 spiro atoms. The van der Waals surface area contributed by atoms with E-state index in [0.717, 1.165) is 12.2 Å². The summed E-state index contributed by atoms with van der Waals surface area (Å²) in [6.45, 7) is 6.71. The number of hydrogen-bond acceptors (Lipinski definition) is 2. The minimum absolute atomic E-state index is 0.117. The Bertz CT molecular complexity index is 552. The number of aromatic nitrogens is 1. The Morgan fingerprint density at radius 3 is 2.45 bits per heavy atom. The van der Waals surface area contributed by atoms with Crippen LogP contribution in [0.2, 0.25) is 5.15 Å². The van der Waals surface area contributed by atoms with Gasteiger partial charge < -0.3 is 5.32 Å². The maximum atomic E-state index is 5.91. The quantitative estimate of drug-likeness (QED) is 0.791. The summed E-state index contributed by atoms with van der Waals surface area (Å²) in [6, 6.07) is 16.6. The highest BCUT2D eigenvalue weighted by molar-refractivity contribution is 6.29. The lowest BCUT2D eigenvalue weighted by molar-refractivity contribution is 0.450. The van der Waals surface area contributed by atoms with Crippen molar-refractivity contribution in [1.82, 2.24) is 4.98 Å². The first kappa shape index (κ1) is 14.9. The van der Waals surface area contributed by atoms with Crippen LogP contribution >= 0.6 is 11.6 Å². The first-order chi connectivity index (χ1) is 9.47. The molecule has 0 aliphatic heterocycles. The molecule has 1 unspecified atom stereocenters. The lowest BCUT2D eigenvalue weighted by Crippen LogP contribution is -2.28. The number of halogens is 1. The van der Waals surface area contributed by atoms with Crippen molar-refractivity contribution in [2.24, 2.45) is 0 Å². The van der Waals surface area contributed by atoms with Gasteiger partial charge in [-0.3, -0.25) is 0 Å². The normalized spacial score (nSPS) is 13.0. The number of hydrogen-bond donors (Lipinski definition) is 1. The molecule has 106 valence electrons. The molecule has 1 aromatic carbocycles. The minimum atomic E-state index is 0.117. The SMILES string of the molecule is CC(CC(C)(C)c1ccccc1)Nc1cccc(Cl)n1. The zero-order valence-electron chi connectivity index (χ0n) is 12.2. The van der Waals surface area contributed by atoms with E-state index in [9.17, 15) is 0 Å². The van der Waals surface area contributed by atoms with Crippen LogP contribution in [0.5, 0.6) is 0 Å². The molecule has 0 saturated heterocycles. The van der Waals surface area contributed by atoms with Crippen LogP contribution < -0.4 is 5.32 Å². The van der Waals surface area contributed by atoms with E-state index in [1.54, 1.807) is 6.07 Å². The van der Waals surface area contributed by atoms with Gasteiger partial charge in [0.1, 0.15) is 11.0 Å². The van der Waals surface area contributed by atoms with Crippen molar-refractivity contribution < 1.29 is 0 Å². The Morgan fingerprint density at radius 2 is 1.80 bits per heavy atom. The maximum Gasteiger partial charge on any atom is 0.131 e. The summed E-state index contributed by atoms with van der Waals surface area (Å²) in [5, 5.41) is 3.93. The Morgan fingerprint density at radius 1 is 1.10 bits per heavy atom. The van der Waals surface area contributed by atoms with Gasteiger partial charge in [-0.1, -0.05) is 61.8 Å². The van der Waals surface area contributed by atoms with E-state index >= 15 is 0 Å². The molecule has 0 fully saturated rings. The summed E-state index contributed by atoms with van der Waals surface area (Å²) in [6.07, 6.45) is 1.02. The summed E-state index contributed by atoms with van der Waals surface area (Å²) < 4.78 is 0. The molecular weight excluding hydrogens is 268 g/mol. The lowest BCUT2D eigenvalue weighted by atomic mass is 9.79. The largest absolute Gasteiger partial charge is 0.368 e. The summed E-state index contributed by atoms with van der Waals surface area (Å²) in [7, 11) is 0. The van der Waals surface area contributed by atoms with Crippen molar-refractivity contribution in [2.75, 3.05) is 5.32 Å². The van der Waals surface area contributed by atoms with Gasteiger partial charge in [0.05, 0.1) is 0 Å². The number of benzene rings is 1. The molecule has 1 atom stereocenters. The molecule has 0 radical (unpaired) electrons. The zero-order chi connectivity index (χ0) is 14.6. The number of anilines is 1. The fourth-order valence-electron chi connectivity index (χ4n) is 2.56. The Labute approximate surface area is 126 Å². The molecule has 0 amide bonds. The fraction of sp³-hybridized carbons (Fsp3) is 0.353. The first-order valence-corrected chi connectivity index (χ1v) is 7.30. The molecule has 0 aliphatic rings. The minimum Gasteiger partial charge on any atom is -0.368 e. The maximum absolute atomic E-state index is 5.91. The third-order valence-electron chi connectivity index (χ3n) is 3.48. The van der Waals surface area contributed by atoms with Gasteiger partial charge >= 0.3 is 0 Å². The van der Waals surface area contributed by atoms with Gasteiger partial charge in [0.25, 0.3) is 0 Å². The monoisotopic (exact) mass is 288 g/mol.